The lowest BCUT2D eigenvalue weighted by Crippen LogP contribution is -2.21. The highest BCUT2D eigenvalue weighted by atomic mass is 32.2. The van der Waals surface area contributed by atoms with Crippen LogP contribution in [-0.4, -0.2) is 21.2 Å². The molecule has 7 heteroatoms. The largest absolute Gasteiger partial charge is 0.325 e. The summed E-state index contributed by atoms with van der Waals surface area (Å²) in [7, 11) is 1.74. The quantitative estimate of drug-likeness (QED) is 0.456. The van der Waals surface area contributed by atoms with Crippen LogP contribution in [0, 0.1) is 0 Å². The molecule has 4 rings (SSSR count). The number of carbonyl (C=O) groups is 1. The minimum Gasteiger partial charge on any atom is -0.325 e. The molecule has 3 aromatic rings. The molecule has 5 nitrogen and oxygen atoms in total. The van der Waals surface area contributed by atoms with Crippen LogP contribution >= 0.6 is 23.1 Å². The number of fused-ring (bicyclic) bond motifs is 3. The van der Waals surface area contributed by atoms with E-state index in [0.717, 1.165) is 41.6 Å². The Kier molecular flexibility index (Phi) is 5.79. The molecule has 1 aliphatic carbocycles. The number of hydrogen-bond donors (Lipinski definition) is 1. The fourth-order valence-corrected chi connectivity index (χ4v) is 5.77. The molecule has 2 aromatic heterocycles. The normalized spacial score (nSPS) is 14.2. The summed E-state index contributed by atoms with van der Waals surface area (Å²) >= 11 is 2.93. The third-order valence-corrected chi connectivity index (χ3v) is 7.83. The van der Waals surface area contributed by atoms with Gasteiger partial charge < -0.3 is 5.32 Å². The van der Waals surface area contributed by atoms with Gasteiger partial charge in [-0.2, -0.15) is 0 Å². The standard InChI is InChI=1S/C22H25N3O2S2/c1-4-13(2)14-8-10-15(11-9-14)23-18(26)12-28-22-24-20-19(21(27)25(22)3)16-6-5-7-17(16)29-20/h8-11,13H,4-7,12H2,1-3H3,(H,23,26). The summed E-state index contributed by atoms with van der Waals surface area (Å²) < 4.78 is 1.58. The molecule has 0 fully saturated rings. The van der Waals surface area contributed by atoms with Crippen LogP contribution in [0.25, 0.3) is 10.2 Å². The summed E-state index contributed by atoms with van der Waals surface area (Å²) in [5.74, 6) is 0.620. The van der Waals surface area contributed by atoms with Crippen LogP contribution in [-0.2, 0) is 24.7 Å². The molecule has 0 spiro atoms. The Balaban J connectivity index is 1.45. The Morgan fingerprint density at radius 2 is 2.07 bits per heavy atom. The molecule has 1 atom stereocenters. The topological polar surface area (TPSA) is 64.0 Å². The summed E-state index contributed by atoms with van der Waals surface area (Å²) in [4.78, 5) is 32.0. The monoisotopic (exact) mass is 427 g/mol. The second kappa shape index (κ2) is 8.32. The summed E-state index contributed by atoms with van der Waals surface area (Å²) in [6.45, 7) is 4.36. The molecule has 1 unspecified atom stereocenters. The first-order chi connectivity index (χ1) is 14.0. The number of aryl methyl sites for hydroxylation is 2. The fraction of sp³-hybridized carbons (Fsp3) is 0.409. The van der Waals surface area contributed by atoms with E-state index >= 15 is 0 Å². The van der Waals surface area contributed by atoms with Gasteiger partial charge in [-0.3, -0.25) is 14.2 Å². The summed E-state index contributed by atoms with van der Waals surface area (Å²) in [6, 6.07) is 8.01. The lowest BCUT2D eigenvalue weighted by atomic mass is 9.99. The van der Waals surface area contributed by atoms with Gasteiger partial charge in [0.2, 0.25) is 5.91 Å². The lowest BCUT2D eigenvalue weighted by molar-refractivity contribution is -0.113. The van der Waals surface area contributed by atoms with Crippen molar-refractivity contribution in [3.05, 3.63) is 50.6 Å². The van der Waals surface area contributed by atoms with Gasteiger partial charge in [0.1, 0.15) is 4.83 Å². The minimum atomic E-state index is -0.102. The highest BCUT2D eigenvalue weighted by molar-refractivity contribution is 7.99. The first-order valence-corrected chi connectivity index (χ1v) is 11.8. The van der Waals surface area contributed by atoms with Crippen molar-refractivity contribution in [2.24, 2.45) is 7.05 Å². The van der Waals surface area contributed by atoms with E-state index in [1.165, 1.54) is 27.8 Å². The molecule has 1 aliphatic rings. The van der Waals surface area contributed by atoms with Gasteiger partial charge in [0.25, 0.3) is 5.56 Å². The van der Waals surface area contributed by atoms with Crippen LogP contribution in [0.4, 0.5) is 5.69 Å². The van der Waals surface area contributed by atoms with Crippen LogP contribution in [0.5, 0.6) is 0 Å². The number of amides is 1. The zero-order chi connectivity index (χ0) is 20.5. The first-order valence-electron chi connectivity index (χ1n) is 10.0. The van der Waals surface area contributed by atoms with E-state index < -0.39 is 0 Å². The maximum Gasteiger partial charge on any atom is 0.262 e. The lowest BCUT2D eigenvalue weighted by Gasteiger charge is -2.11. The Morgan fingerprint density at radius 1 is 1.31 bits per heavy atom. The highest BCUT2D eigenvalue weighted by Crippen LogP contribution is 2.35. The zero-order valence-electron chi connectivity index (χ0n) is 16.9. The third-order valence-electron chi connectivity index (χ3n) is 5.61. The van der Waals surface area contributed by atoms with Crippen molar-refractivity contribution in [2.45, 2.75) is 50.6 Å². The molecule has 1 N–H and O–H groups in total. The molecule has 0 saturated heterocycles. The van der Waals surface area contributed by atoms with Gasteiger partial charge in [0, 0.05) is 17.6 Å². The van der Waals surface area contributed by atoms with Crippen molar-refractivity contribution in [3.63, 3.8) is 0 Å². The molecule has 0 saturated carbocycles. The maximum atomic E-state index is 12.8. The fourth-order valence-electron chi connectivity index (χ4n) is 3.69. The van der Waals surface area contributed by atoms with Crippen LogP contribution < -0.4 is 10.9 Å². The number of thiophene rings is 1. The number of nitrogens with one attached hydrogen (secondary N) is 1. The van der Waals surface area contributed by atoms with Crippen molar-refractivity contribution in [1.29, 1.82) is 0 Å². The van der Waals surface area contributed by atoms with Crippen molar-refractivity contribution >= 4 is 44.9 Å². The van der Waals surface area contributed by atoms with E-state index in [-0.39, 0.29) is 17.2 Å². The van der Waals surface area contributed by atoms with Gasteiger partial charge in [-0.05, 0) is 54.9 Å². The first kappa shape index (κ1) is 20.2. The second-order valence-electron chi connectivity index (χ2n) is 7.56. The van der Waals surface area contributed by atoms with Crippen LogP contribution in [0.3, 0.4) is 0 Å². The van der Waals surface area contributed by atoms with Crippen LogP contribution in [0.2, 0.25) is 0 Å². The van der Waals surface area contributed by atoms with Gasteiger partial charge >= 0.3 is 0 Å². The predicted molar refractivity (Wildman–Crippen MR) is 121 cm³/mol. The maximum absolute atomic E-state index is 12.8. The Labute approximate surface area is 178 Å². The highest BCUT2D eigenvalue weighted by Gasteiger charge is 2.22. The summed E-state index contributed by atoms with van der Waals surface area (Å²) in [5.41, 5.74) is 3.25. The molecule has 29 heavy (non-hydrogen) atoms. The minimum absolute atomic E-state index is 0.00191. The average Bonchev–Trinajstić information content (AvgIpc) is 3.30. The predicted octanol–water partition coefficient (Wildman–Crippen LogP) is 4.73. The van der Waals surface area contributed by atoms with Gasteiger partial charge in [-0.25, -0.2) is 4.98 Å². The molecule has 152 valence electrons. The van der Waals surface area contributed by atoms with Crippen LogP contribution in [0.1, 0.15) is 48.6 Å². The summed E-state index contributed by atoms with van der Waals surface area (Å²) in [6.07, 6.45) is 4.22. The molecule has 0 bridgehead atoms. The van der Waals surface area contributed by atoms with Crippen LogP contribution in [0.15, 0.2) is 34.2 Å². The number of aromatic nitrogens is 2. The van der Waals surface area contributed by atoms with E-state index in [1.807, 2.05) is 12.1 Å². The van der Waals surface area contributed by atoms with E-state index in [2.05, 4.69) is 36.3 Å². The van der Waals surface area contributed by atoms with Crippen molar-refractivity contribution in [1.82, 2.24) is 9.55 Å². The number of hydrogen-bond acceptors (Lipinski definition) is 5. The third kappa shape index (κ3) is 3.98. The Hall–Kier alpha value is -2.12. The molecular formula is C22H25N3O2S2. The second-order valence-corrected chi connectivity index (χ2v) is 9.59. The van der Waals surface area contributed by atoms with Gasteiger partial charge in [-0.1, -0.05) is 37.7 Å². The molecular weight excluding hydrogens is 402 g/mol. The molecule has 1 amide bonds. The SMILES string of the molecule is CCC(C)c1ccc(NC(=O)CSc2nc3sc4c(c3c(=O)n2C)CCC4)cc1. The Bertz CT molecular complexity index is 1120. The van der Waals surface area contributed by atoms with E-state index in [0.29, 0.717) is 11.1 Å². The van der Waals surface area contributed by atoms with Crippen molar-refractivity contribution in [3.8, 4) is 0 Å². The molecule has 1 aromatic carbocycles. The van der Waals surface area contributed by atoms with Crippen molar-refractivity contribution in [2.75, 3.05) is 11.1 Å². The summed E-state index contributed by atoms with van der Waals surface area (Å²) in [5, 5.41) is 4.29. The van der Waals surface area contributed by atoms with Gasteiger partial charge in [0.05, 0.1) is 11.1 Å². The zero-order valence-corrected chi connectivity index (χ0v) is 18.6. The Morgan fingerprint density at radius 3 is 2.79 bits per heavy atom. The van der Waals surface area contributed by atoms with E-state index in [9.17, 15) is 9.59 Å². The van der Waals surface area contributed by atoms with Gasteiger partial charge in [0.15, 0.2) is 5.16 Å². The average molecular weight is 428 g/mol. The number of nitrogens with zero attached hydrogens (tertiary/aromatic N) is 2. The number of benzene rings is 1. The van der Waals surface area contributed by atoms with E-state index in [1.54, 1.807) is 23.0 Å². The number of carbonyl (C=O) groups excluding carboxylic acids is 1. The number of anilines is 1. The smallest absolute Gasteiger partial charge is 0.262 e. The number of thioether (sulfide) groups is 1. The number of rotatable bonds is 6. The molecule has 0 radical (unpaired) electrons. The molecule has 2 heterocycles. The molecule has 0 aliphatic heterocycles. The van der Waals surface area contributed by atoms with E-state index in [4.69, 9.17) is 0 Å². The van der Waals surface area contributed by atoms with Crippen molar-refractivity contribution < 1.29 is 4.79 Å². The van der Waals surface area contributed by atoms with Gasteiger partial charge in [-0.15, -0.1) is 11.3 Å².